The Bertz CT molecular complexity index is 1260. The van der Waals surface area contributed by atoms with E-state index in [-0.39, 0.29) is 5.56 Å². The van der Waals surface area contributed by atoms with E-state index in [9.17, 15) is 27.6 Å². The molecule has 180 valence electrons. The van der Waals surface area contributed by atoms with Gasteiger partial charge in [0.15, 0.2) is 0 Å². The maximum absolute atomic E-state index is 13.1. The molecule has 1 saturated heterocycles. The SMILES string of the molecule is CC1(c2ccc(OC(F)(F)F)cc2)NC(=O)N(CC(=O)Nc2ccccc2-c2ccccc2)C1=O. The molecule has 0 aliphatic carbocycles. The van der Waals surface area contributed by atoms with E-state index in [2.05, 4.69) is 15.4 Å². The highest BCUT2D eigenvalue weighted by Crippen LogP contribution is 2.32. The maximum Gasteiger partial charge on any atom is 0.573 e. The highest BCUT2D eigenvalue weighted by atomic mass is 19.4. The van der Waals surface area contributed by atoms with Gasteiger partial charge >= 0.3 is 12.4 Å². The van der Waals surface area contributed by atoms with Crippen LogP contribution >= 0.6 is 0 Å². The molecule has 1 fully saturated rings. The van der Waals surface area contributed by atoms with Gasteiger partial charge in [-0.05, 0) is 36.2 Å². The quantitative estimate of drug-likeness (QED) is 0.500. The zero-order chi connectivity index (χ0) is 25.2. The molecule has 1 aliphatic rings. The monoisotopic (exact) mass is 483 g/mol. The number of para-hydroxylation sites is 1. The minimum atomic E-state index is -4.86. The maximum atomic E-state index is 13.1. The molecule has 4 rings (SSSR count). The summed E-state index contributed by atoms with van der Waals surface area (Å²) in [6, 6.07) is 20.3. The van der Waals surface area contributed by atoms with E-state index >= 15 is 0 Å². The summed E-state index contributed by atoms with van der Waals surface area (Å²) in [5.74, 6) is -1.76. The standard InChI is InChI=1S/C25H20F3N3O4/c1-24(17-11-13-18(14-12-17)35-25(26,27)28)22(33)31(23(34)30-24)15-21(32)29-20-10-6-5-9-19(20)16-7-3-2-4-8-16/h2-14H,15H2,1H3,(H,29,32)(H,30,34). The molecule has 1 aliphatic heterocycles. The number of nitrogens with zero attached hydrogens (tertiary/aromatic N) is 1. The van der Waals surface area contributed by atoms with E-state index in [4.69, 9.17) is 0 Å². The average Bonchev–Trinajstić information content (AvgIpc) is 3.03. The average molecular weight is 483 g/mol. The smallest absolute Gasteiger partial charge is 0.406 e. The van der Waals surface area contributed by atoms with Crippen LogP contribution in [0.3, 0.4) is 0 Å². The number of carbonyl (C=O) groups is 3. The molecule has 4 amide bonds. The van der Waals surface area contributed by atoms with Gasteiger partial charge in [0.05, 0.1) is 0 Å². The molecular formula is C25H20F3N3O4. The molecule has 7 nitrogen and oxygen atoms in total. The van der Waals surface area contributed by atoms with Crippen molar-refractivity contribution >= 4 is 23.5 Å². The van der Waals surface area contributed by atoms with E-state index in [1.54, 1.807) is 12.1 Å². The number of amides is 4. The molecular weight excluding hydrogens is 463 g/mol. The molecule has 1 unspecified atom stereocenters. The molecule has 0 radical (unpaired) electrons. The fourth-order valence-electron chi connectivity index (χ4n) is 3.82. The number of nitrogens with one attached hydrogen (secondary N) is 2. The van der Waals surface area contributed by atoms with Gasteiger partial charge in [-0.3, -0.25) is 14.5 Å². The van der Waals surface area contributed by atoms with E-state index in [0.29, 0.717) is 5.69 Å². The Balaban J connectivity index is 1.48. The van der Waals surface area contributed by atoms with Crippen molar-refractivity contribution in [2.75, 3.05) is 11.9 Å². The van der Waals surface area contributed by atoms with Crippen molar-refractivity contribution in [1.29, 1.82) is 0 Å². The summed E-state index contributed by atoms with van der Waals surface area (Å²) in [5, 5.41) is 5.25. The van der Waals surface area contributed by atoms with Gasteiger partial charge < -0.3 is 15.4 Å². The Morgan fingerprint density at radius 2 is 1.60 bits per heavy atom. The molecule has 3 aromatic rings. The topological polar surface area (TPSA) is 87.7 Å². The number of carbonyl (C=O) groups excluding carboxylic acids is 3. The van der Waals surface area contributed by atoms with Gasteiger partial charge in [0.1, 0.15) is 17.8 Å². The molecule has 0 spiro atoms. The largest absolute Gasteiger partial charge is 0.573 e. The Morgan fingerprint density at radius 1 is 0.971 bits per heavy atom. The lowest BCUT2D eigenvalue weighted by Crippen LogP contribution is -2.42. The number of urea groups is 1. The lowest BCUT2D eigenvalue weighted by Gasteiger charge is -2.22. The Labute approximate surface area is 198 Å². The molecule has 0 bridgehead atoms. The molecule has 10 heteroatoms. The lowest BCUT2D eigenvalue weighted by molar-refractivity contribution is -0.274. The molecule has 2 N–H and O–H groups in total. The molecule has 1 atom stereocenters. The number of ether oxygens (including phenoxy) is 1. The normalized spacial score (nSPS) is 17.8. The zero-order valence-corrected chi connectivity index (χ0v) is 18.4. The second kappa shape index (κ2) is 9.13. The first-order valence-corrected chi connectivity index (χ1v) is 10.5. The van der Waals surface area contributed by atoms with Crippen LogP contribution in [0.5, 0.6) is 5.75 Å². The highest BCUT2D eigenvalue weighted by Gasteiger charge is 2.49. The van der Waals surface area contributed by atoms with Gasteiger partial charge in [-0.15, -0.1) is 13.2 Å². The first-order valence-electron chi connectivity index (χ1n) is 10.5. The number of rotatable bonds is 6. The third-order valence-corrected chi connectivity index (χ3v) is 5.53. The van der Waals surface area contributed by atoms with Crippen molar-refractivity contribution in [3.63, 3.8) is 0 Å². The lowest BCUT2D eigenvalue weighted by atomic mass is 9.92. The molecule has 0 aromatic heterocycles. The minimum absolute atomic E-state index is 0.239. The highest BCUT2D eigenvalue weighted by molar-refractivity contribution is 6.10. The summed E-state index contributed by atoms with van der Waals surface area (Å²) >= 11 is 0. The summed E-state index contributed by atoms with van der Waals surface area (Å²) < 4.78 is 41.0. The van der Waals surface area contributed by atoms with Crippen LogP contribution in [0.4, 0.5) is 23.7 Å². The summed E-state index contributed by atoms with van der Waals surface area (Å²) in [4.78, 5) is 39.1. The van der Waals surface area contributed by atoms with Crippen LogP contribution in [-0.2, 0) is 15.1 Å². The van der Waals surface area contributed by atoms with E-state index in [0.717, 1.165) is 28.2 Å². The summed E-state index contributed by atoms with van der Waals surface area (Å²) in [6.45, 7) is 0.869. The number of benzene rings is 3. The summed E-state index contributed by atoms with van der Waals surface area (Å²) in [7, 11) is 0. The van der Waals surface area contributed by atoms with Crippen molar-refractivity contribution < 1.29 is 32.3 Å². The van der Waals surface area contributed by atoms with Gasteiger partial charge in [0.2, 0.25) is 5.91 Å². The first-order chi connectivity index (χ1) is 16.6. The van der Waals surface area contributed by atoms with Gasteiger partial charge in [0, 0.05) is 11.3 Å². The van der Waals surface area contributed by atoms with Crippen LogP contribution in [-0.4, -0.2) is 35.7 Å². The third kappa shape index (κ3) is 5.11. The number of alkyl halides is 3. The second-order valence-corrected chi connectivity index (χ2v) is 7.98. The van der Waals surface area contributed by atoms with Crippen molar-refractivity contribution in [2.24, 2.45) is 0 Å². The molecule has 3 aromatic carbocycles. The molecule has 35 heavy (non-hydrogen) atoms. The van der Waals surface area contributed by atoms with Crippen molar-refractivity contribution in [3.8, 4) is 16.9 Å². The fourth-order valence-corrected chi connectivity index (χ4v) is 3.82. The van der Waals surface area contributed by atoms with Crippen LogP contribution in [0, 0.1) is 0 Å². The van der Waals surface area contributed by atoms with Gasteiger partial charge in [-0.25, -0.2) is 4.79 Å². The van der Waals surface area contributed by atoms with Crippen molar-refractivity contribution in [1.82, 2.24) is 10.2 Å². The van der Waals surface area contributed by atoms with Crippen molar-refractivity contribution in [2.45, 2.75) is 18.8 Å². The number of imide groups is 1. The van der Waals surface area contributed by atoms with Crippen LogP contribution in [0.15, 0.2) is 78.9 Å². The molecule has 0 saturated carbocycles. The zero-order valence-electron chi connectivity index (χ0n) is 18.4. The van der Waals surface area contributed by atoms with Gasteiger partial charge in [-0.1, -0.05) is 60.7 Å². The van der Waals surface area contributed by atoms with Crippen LogP contribution < -0.4 is 15.4 Å². The van der Waals surface area contributed by atoms with Crippen LogP contribution in [0.2, 0.25) is 0 Å². The van der Waals surface area contributed by atoms with Gasteiger partial charge in [0.25, 0.3) is 5.91 Å². The predicted octanol–water partition coefficient (Wildman–Crippen LogP) is 4.66. The van der Waals surface area contributed by atoms with E-state index in [1.165, 1.54) is 19.1 Å². The second-order valence-electron chi connectivity index (χ2n) is 7.98. The number of hydrogen-bond donors (Lipinski definition) is 2. The van der Waals surface area contributed by atoms with Gasteiger partial charge in [-0.2, -0.15) is 0 Å². The predicted molar refractivity (Wildman–Crippen MR) is 121 cm³/mol. The van der Waals surface area contributed by atoms with E-state index in [1.807, 2.05) is 42.5 Å². The first kappa shape index (κ1) is 23.8. The Hall–Kier alpha value is -4.34. The number of halogens is 3. The molecule has 1 heterocycles. The van der Waals surface area contributed by atoms with Crippen LogP contribution in [0.1, 0.15) is 12.5 Å². The fraction of sp³-hybridized carbons (Fsp3) is 0.160. The summed E-state index contributed by atoms with van der Waals surface area (Å²) in [5.41, 5.74) is 0.839. The Morgan fingerprint density at radius 3 is 2.26 bits per heavy atom. The van der Waals surface area contributed by atoms with Crippen LogP contribution in [0.25, 0.3) is 11.1 Å². The van der Waals surface area contributed by atoms with E-state index < -0.39 is 42.0 Å². The number of anilines is 1. The summed E-state index contributed by atoms with van der Waals surface area (Å²) in [6.07, 6.45) is -4.86. The Kier molecular flexibility index (Phi) is 6.21. The third-order valence-electron chi connectivity index (χ3n) is 5.53. The number of hydrogen-bond acceptors (Lipinski definition) is 4. The van der Waals surface area contributed by atoms with Crippen molar-refractivity contribution in [3.05, 3.63) is 84.4 Å². The minimum Gasteiger partial charge on any atom is -0.406 e.